The third-order valence-corrected chi connectivity index (χ3v) is 8.14. The van der Waals surface area contributed by atoms with Crippen LogP contribution in [-0.4, -0.2) is 17.7 Å². The Morgan fingerprint density at radius 3 is 2.48 bits per heavy atom. The van der Waals surface area contributed by atoms with Gasteiger partial charge in [-0.25, -0.2) is 8.42 Å². The fraction of sp³-hybridized carbons (Fsp3) is 0.160. The highest BCUT2D eigenvalue weighted by Crippen LogP contribution is 2.40. The number of halogens is 1. The van der Waals surface area contributed by atoms with Crippen LogP contribution in [0.4, 0.5) is 0 Å². The van der Waals surface area contributed by atoms with E-state index in [1.54, 1.807) is 16.4 Å². The highest BCUT2D eigenvalue weighted by atomic mass is 79.9. The van der Waals surface area contributed by atoms with Crippen LogP contribution in [-0.2, 0) is 23.0 Å². The van der Waals surface area contributed by atoms with Gasteiger partial charge in [0.1, 0.15) is 0 Å². The molecule has 2 heterocycles. The summed E-state index contributed by atoms with van der Waals surface area (Å²) >= 11 is 3.52. The van der Waals surface area contributed by atoms with Gasteiger partial charge in [-0.2, -0.15) is 4.31 Å². The molecule has 0 saturated carbocycles. The van der Waals surface area contributed by atoms with Crippen LogP contribution in [0.25, 0.3) is 10.9 Å². The molecule has 5 rings (SSSR count). The molecule has 0 bridgehead atoms. The number of aryl methyl sites for hydroxylation is 1. The minimum Gasteiger partial charge on any atom is -0.251 e. The number of hydrogen-bond acceptors (Lipinski definition) is 3. The number of pyridine rings is 1. The third kappa shape index (κ3) is 3.80. The number of benzene rings is 3. The largest absolute Gasteiger partial charge is 0.251 e. The van der Waals surface area contributed by atoms with Crippen LogP contribution in [0.2, 0.25) is 0 Å². The monoisotopic (exact) mass is 492 g/mol. The van der Waals surface area contributed by atoms with Gasteiger partial charge in [-0.3, -0.25) is 4.98 Å². The van der Waals surface area contributed by atoms with E-state index in [4.69, 9.17) is 4.98 Å². The zero-order valence-corrected chi connectivity index (χ0v) is 19.4. The molecule has 1 aromatic heterocycles. The molecule has 1 aliphatic heterocycles. The van der Waals surface area contributed by atoms with Crippen LogP contribution in [0.15, 0.2) is 88.2 Å². The molecular formula is C25H21BrN2O2S. The Morgan fingerprint density at radius 1 is 1.00 bits per heavy atom. The lowest BCUT2D eigenvalue weighted by atomic mass is 10.0. The first-order chi connectivity index (χ1) is 14.9. The van der Waals surface area contributed by atoms with E-state index in [1.807, 2.05) is 67.6 Å². The number of rotatable bonds is 4. The Morgan fingerprint density at radius 2 is 1.74 bits per heavy atom. The Labute approximate surface area is 190 Å². The Hall–Kier alpha value is -2.54. The molecule has 1 atom stereocenters. The average Bonchev–Trinajstić information content (AvgIpc) is 3.11. The molecule has 4 aromatic rings. The van der Waals surface area contributed by atoms with E-state index in [0.717, 1.165) is 37.8 Å². The van der Waals surface area contributed by atoms with Gasteiger partial charge in [0.2, 0.25) is 10.0 Å². The molecule has 0 N–H and O–H groups in total. The number of nitrogens with zero attached hydrogens (tertiary/aromatic N) is 2. The van der Waals surface area contributed by atoms with Crippen LogP contribution < -0.4 is 0 Å². The predicted octanol–water partition coefficient (Wildman–Crippen LogP) is 5.79. The van der Waals surface area contributed by atoms with Gasteiger partial charge in [0.25, 0.3) is 0 Å². The first-order valence-corrected chi connectivity index (χ1v) is 12.4. The van der Waals surface area contributed by atoms with Crippen molar-refractivity contribution in [3.63, 3.8) is 0 Å². The molecule has 1 unspecified atom stereocenters. The molecule has 3 aromatic carbocycles. The van der Waals surface area contributed by atoms with Crippen LogP contribution in [0.1, 0.15) is 28.4 Å². The maximum absolute atomic E-state index is 13.7. The fourth-order valence-corrected chi connectivity index (χ4v) is 6.08. The second-order valence-electron chi connectivity index (χ2n) is 7.94. The molecule has 0 spiro atoms. The second-order valence-corrected chi connectivity index (χ2v) is 10.7. The summed E-state index contributed by atoms with van der Waals surface area (Å²) < 4.78 is 29.9. The standard InChI is InChI=1S/C25H21BrN2O2S/c1-17-7-11-22(12-8-17)31(29,30)28-16-20-14-19-9-10-21(26)15-23(19)27-25(20)24(28)13-18-5-3-2-4-6-18/h2-12,14-15,24H,13,16H2,1H3. The normalized spacial score (nSPS) is 16.5. The van der Waals surface area contributed by atoms with Gasteiger partial charge in [0, 0.05) is 16.4 Å². The van der Waals surface area contributed by atoms with Gasteiger partial charge >= 0.3 is 0 Å². The van der Waals surface area contributed by atoms with E-state index in [2.05, 4.69) is 22.0 Å². The van der Waals surface area contributed by atoms with Crippen molar-refractivity contribution in [1.82, 2.24) is 9.29 Å². The topological polar surface area (TPSA) is 50.3 Å². The van der Waals surface area contributed by atoms with Crippen molar-refractivity contribution in [2.24, 2.45) is 0 Å². The fourth-order valence-electron chi connectivity index (χ4n) is 4.16. The molecule has 31 heavy (non-hydrogen) atoms. The van der Waals surface area contributed by atoms with Crippen molar-refractivity contribution in [2.75, 3.05) is 0 Å². The van der Waals surface area contributed by atoms with E-state index in [9.17, 15) is 8.42 Å². The zero-order valence-electron chi connectivity index (χ0n) is 17.0. The highest BCUT2D eigenvalue weighted by molar-refractivity contribution is 9.10. The maximum Gasteiger partial charge on any atom is 0.244 e. The summed E-state index contributed by atoms with van der Waals surface area (Å²) in [6, 6.07) is 24.7. The molecular weight excluding hydrogens is 472 g/mol. The molecule has 0 aliphatic carbocycles. The Bertz CT molecular complexity index is 1370. The second kappa shape index (κ2) is 7.86. The van der Waals surface area contributed by atoms with Gasteiger partial charge < -0.3 is 0 Å². The molecule has 1 aliphatic rings. The van der Waals surface area contributed by atoms with Crippen molar-refractivity contribution in [1.29, 1.82) is 0 Å². The van der Waals surface area contributed by atoms with E-state index in [0.29, 0.717) is 17.9 Å². The SMILES string of the molecule is Cc1ccc(S(=O)(=O)N2Cc3cc4ccc(Br)cc4nc3C2Cc2ccccc2)cc1. The van der Waals surface area contributed by atoms with Gasteiger partial charge in [-0.15, -0.1) is 0 Å². The Balaban J connectivity index is 1.64. The first kappa shape index (κ1) is 20.4. The minimum absolute atomic E-state index is 0.316. The summed E-state index contributed by atoms with van der Waals surface area (Å²) in [4.78, 5) is 5.25. The van der Waals surface area contributed by atoms with Crippen LogP contribution >= 0.6 is 15.9 Å². The van der Waals surface area contributed by atoms with Crippen molar-refractivity contribution >= 4 is 36.9 Å². The number of hydrogen-bond donors (Lipinski definition) is 0. The maximum atomic E-state index is 13.7. The van der Waals surface area contributed by atoms with E-state index in [-0.39, 0.29) is 6.04 Å². The number of sulfonamides is 1. The summed E-state index contributed by atoms with van der Waals surface area (Å²) in [5.41, 5.74) is 4.78. The molecule has 156 valence electrons. The van der Waals surface area contributed by atoms with Crippen molar-refractivity contribution in [2.45, 2.75) is 30.8 Å². The zero-order chi connectivity index (χ0) is 21.6. The quantitative estimate of drug-likeness (QED) is 0.362. The smallest absolute Gasteiger partial charge is 0.244 e. The minimum atomic E-state index is -3.68. The highest BCUT2D eigenvalue weighted by Gasteiger charge is 2.40. The Kier molecular flexibility index (Phi) is 5.16. The average molecular weight is 493 g/mol. The molecule has 0 amide bonds. The first-order valence-electron chi connectivity index (χ1n) is 10.1. The lowest BCUT2D eigenvalue weighted by Crippen LogP contribution is -2.31. The van der Waals surface area contributed by atoms with E-state index in [1.165, 1.54) is 0 Å². The number of fused-ring (bicyclic) bond motifs is 2. The molecule has 0 fully saturated rings. The van der Waals surface area contributed by atoms with Gasteiger partial charge in [-0.1, -0.05) is 70.0 Å². The lowest BCUT2D eigenvalue weighted by Gasteiger charge is -2.24. The van der Waals surface area contributed by atoms with Crippen LogP contribution in [0.3, 0.4) is 0 Å². The van der Waals surface area contributed by atoms with Gasteiger partial charge in [0.15, 0.2) is 0 Å². The van der Waals surface area contributed by atoms with Crippen LogP contribution in [0, 0.1) is 6.92 Å². The lowest BCUT2D eigenvalue weighted by molar-refractivity contribution is 0.345. The molecule has 6 heteroatoms. The summed E-state index contributed by atoms with van der Waals surface area (Å²) in [5, 5.41) is 1.01. The molecule has 0 saturated heterocycles. The van der Waals surface area contributed by atoms with Crippen LogP contribution in [0.5, 0.6) is 0 Å². The number of aromatic nitrogens is 1. The van der Waals surface area contributed by atoms with E-state index < -0.39 is 10.0 Å². The van der Waals surface area contributed by atoms with E-state index >= 15 is 0 Å². The predicted molar refractivity (Wildman–Crippen MR) is 126 cm³/mol. The summed E-state index contributed by atoms with van der Waals surface area (Å²) in [5.74, 6) is 0. The molecule has 4 nitrogen and oxygen atoms in total. The van der Waals surface area contributed by atoms with Crippen molar-refractivity contribution in [3.8, 4) is 0 Å². The summed E-state index contributed by atoms with van der Waals surface area (Å²) in [7, 11) is -3.68. The molecule has 0 radical (unpaired) electrons. The third-order valence-electron chi connectivity index (χ3n) is 5.78. The van der Waals surface area contributed by atoms with Gasteiger partial charge in [0.05, 0.1) is 22.1 Å². The summed E-state index contributed by atoms with van der Waals surface area (Å²) in [6.45, 7) is 2.27. The summed E-state index contributed by atoms with van der Waals surface area (Å²) in [6.07, 6.45) is 0.575. The van der Waals surface area contributed by atoms with Crippen molar-refractivity contribution in [3.05, 3.63) is 106 Å². The van der Waals surface area contributed by atoms with Gasteiger partial charge in [-0.05, 0) is 54.8 Å². The van der Waals surface area contributed by atoms with Crippen molar-refractivity contribution < 1.29 is 8.42 Å².